The van der Waals surface area contributed by atoms with Crippen LogP contribution in [-0.4, -0.2) is 27.0 Å². The number of rotatable bonds is 5. The number of nitrogens with zero attached hydrogens (tertiary/aromatic N) is 2. The summed E-state index contributed by atoms with van der Waals surface area (Å²) in [7, 11) is 0. The molecule has 120 valence electrons. The Morgan fingerprint density at radius 3 is 2.38 bits per heavy atom. The topological polar surface area (TPSA) is 92.2 Å². The highest BCUT2D eigenvalue weighted by molar-refractivity contribution is 5.92. The van der Waals surface area contributed by atoms with E-state index in [9.17, 15) is 9.59 Å². The molecule has 0 spiro atoms. The molecule has 6 heteroatoms. The number of anilines is 1. The SMILES string of the molecule is O=C(O)CCC(=O)Nc1ccc(-c2cnc3ccccc3n2)cc1. The molecular weight excluding hydrogens is 306 g/mol. The van der Waals surface area contributed by atoms with E-state index >= 15 is 0 Å². The summed E-state index contributed by atoms with van der Waals surface area (Å²) in [6, 6.07) is 14.8. The molecule has 0 aliphatic heterocycles. The number of hydrogen-bond donors (Lipinski definition) is 2. The fraction of sp³-hybridized carbons (Fsp3) is 0.111. The fourth-order valence-corrected chi connectivity index (χ4v) is 2.26. The third-order valence-electron chi connectivity index (χ3n) is 3.48. The maximum atomic E-state index is 11.6. The monoisotopic (exact) mass is 321 g/mol. The van der Waals surface area contributed by atoms with Crippen LogP contribution >= 0.6 is 0 Å². The van der Waals surface area contributed by atoms with Gasteiger partial charge in [0, 0.05) is 17.7 Å². The van der Waals surface area contributed by atoms with Crippen molar-refractivity contribution in [3.05, 3.63) is 54.7 Å². The minimum Gasteiger partial charge on any atom is -0.481 e. The van der Waals surface area contributed by atoms with E-state index in [2.05, 4.69) is 15.3 Å². The second-order valence-electron chi connectivity index (χ2n) is 5.26. The van der Waals surface area contributed by atoms with Crippen molar-refractivity contribution < 1.29 is 14.7 Å². The van der Waals surface area contributed by atoms with Gasteiger partial charge in [0.25, 0.3) is 0 Å². The zero-order chi connectivity index (χ0) is 16.9. The first kappa shape index (κ1) is 15.6. The molecule has 6 nitrogen and oxygen atoms in total. The van der Waals surface area contributed by atoms with Crippen LogP contribution in [0.4, 0.5) is 5.69 Å². The van der Waals surface area contributed by atoms with Gasteiger partial charge in [0.15, 0.2) is 0 Å². The van der Waals surface area contributed by atoms with Crippen molar-refractivity contribution in [1.82, 2.24) is 9.97 Å². The Morgan fingerprint density at radius 1 is 0.958 bits per heavy atom. The van der Waals surface area contributed by atoms with Gasteiger partial charge in [-0.3, -0.25) is 14.6 Å². The summed E-state index contributed by atoms with van der Waals surface area (Å²) in [5, 5.41) is 11.2. The number of carboxylic acids is 1. The van der Waals surface area contributed by atoms with Gasteiger partial charge in [-0.05, 0) is 24.3 Å². The fourth-order valence-electron chi connectivity index (χ4n) is 2.26. The van der Waals surface area contributed by atoms with E-state index in [1.807, 2.05) is 36.4 Å². The van der Waals surface area contributed by atoms with E-state index in [1.165, 1.54) is 0 Å². The van der Waals surface area contributed by atoms with Gasteiger partial charge < -0.3 is 10.4 Å². The second-order valence-corrected chi connectivity index (χ2v) is 5.26. The zero-order valence-electron chi connectivity index (χ0n) is 12.8. The van der Waals surface area contributed by atoms with Crippen LogP contribution in [0.15, 0.2) is 54.7 Å². The molecule has 0 fully saturated rings. The summed E-state index contributed by atoms with van der Waals surface area (Å²) in [5.41, 5.74) is 3.90. The van der Waals surface area contributed by atoms with Gasteiger partial charge in [0.05, 0.1) is 29.3 Å². The number of carbonyl (C=O) groups is 2. The van der Waals surface area contributed by atoms with Crippen molar-refractivity contribution >= 4 is 28.6 Å². The van der Waals surface area contributed by atoms with E-state index in [0.29, 0.717) is 5.69 Å². The molecule has 1 heterocycles. The highest BCUT2D eigenvalue weighted by atomic mass is 16.4. The molecule has 1 amide bonds. The second kappa shape index (κ2) is 6.87. The lowest BCUT2D eigenvalue weighted by Crippen LogP contribution is -2.13. The number of nitrogens with one attached hydrogen (secondary N) is 1. The lowest BCUT2D eigenvalue weighted by atomic mass is 10.1. The first-order valence-electron chi connectivity index (χ1n) is 7.46. The summed E-state index contributed by atoms with van der Waals surface area (Å²) in [4.78, 5) is 31.0. The third kappa shape index (κ3) is 3.73. The summed E-state index contributed by atoms with van der Waals surface area (Å²) in [6.07, 6.45) is 1.48. The average molecular weight is 321 g/mol. The van der Waals surface area contributed by atoms with Crippen LogP contribution in [0.25, 0.3) is 22.3 Å². The predicted octanol–water partition coefficient (Wildman–Crippen LogP) is 3.10. The average Bonchev–Trinajstić information content (AvgIpc) is 2.60. The Balaban J connectivity index is 1.73. The molecule has 3 aromatic rings. The molecule has 0 saturated carbocycles. The van der Waals surface area contributed by atoms with Crippen molar-refractivity contribution in [3.8, 4) is 11.3 Å². The Morgan fingerprint density at radius 2 is 1.67 bits per heavy atom. The molecule has 0 saturated heterocycles. The number of benzene rings is 2. The van der Waals surface area contributed by atoms with Gasteiger partial charge in [-0.15, -0.1) is 0 Å². The number of aliphatic carboxylic acids is 1. The number of amides is 1. The molecule has 0 bridgehead atoms. The third-order valence-corrected chi connectivity index (χ3v) is 3.48. The van der Waals surface area contributed by atoms with Crippen molar-refractivity contribution in [1.29, 1.82) is 0 Å². The van der Waals surface area contributed by atoms with E-state index in [-0.39, 0.29) is 18.7 Å². The van der Waals surface area contributed by atoms with E-state index in [4.69, 9.17) is 5.11 Å². The quantitative estimate of drug-likeness (QED) is 0.753. The van der Waals surface area contributed by atoms with Gasteiger partial charge in [0.2, 0.25) is 5.91 Å². The van der Waals surface area contributed by atoms with E-state index in [0.717, 1.165) is 22.3 Å². The molecule has 1 aromatic heterocycles. The number of carbonyl (C=O) groups excluding carboxylic acids is 1. The highest BCUT2D eigenvalue weighted by Gasteiger charge is 2.07. The Kier molecular flexibility index (Phi) is 4.47. The first-order valence-corrected chi connectivity index (χ1v) is 7.46. The molecular formula is C18H15N3O3. The number of para-hydroxylation sites is 2. The normalized spacial score (nSPS) is 10.5. The molecule has 0 aliphatic carbocycles. The number of aromatic nitrogens is 2. The number of fused-ring (bicyclic) bond motifs is 1. The van der Waals surface area contributed by atoms with E-state index in [1.54, 1.807) is 18.3 Å². The first-order chi connectivity index (χ1) is 11.6. The Bertz CT molecular complexity index is 891. The van der Waals surface area contributed by atoms with Crippen molar-refractivity contribution in [2.45, 2.75) is 12.8 Å². The molecule has 3 rings (SSSR count). The van der Waals surface area contributed by atoms with Gasteiger partial charge in [-0.1, -0.05) is 24.3 Å². The van der Waals surface area contributed by atoms with Crippen molar-refractivity contribution in [2.75, 3.05) is 5.32 Å². The molecule has 24 heavy (non-hydrogen) atoms. The lowest BCUT2D eigenvalue weighted by molar-refractivity contribution is -0.138. The van der Waals surface area contributed by atoms with Gasteiger partial charge in [0.1, 0.15) is 0 Å². The maximum absolute atomic E-state index is 11.6. The predicted molar refractivity (Wildman–Crippen MR) is 90.5 cm³/mol. The van der Waals surface area contributed by atoms with Crippen LogP contribution in [-0.2, 0) is 9.59 Å². The van der Waals surface area contributed by atoms with Crippen LogP contribution in [0.3, 0.4) is 0 Å². The van der Waals surface area contributed by atoms with Crippen LogP contribution < -0.4 is 5.32 Å². The molecule has 0 unspecified atom stereocenters. The van der Waals surface area contributed by atoms with Gasteiger partial charge in [-0.25, -0.2) is 4.98 Å². The molecule has 0 aliphatic rings. The number of hydrogen-bond acceptors (Lipinski definition) is 4. The molecule has 0 radical (unpaired) electrons. The zero-order valence-corrected chi connectivity index (χ0v) is 12.8. The summed E-state index contributed by atoms with van der Waals surface area (Å²) in [6.45, 7) is 0. The Hall–Kier alpha value is -3.28. The van der Waals surface area contributed by atoms with Crippen LogP contribution in [0.1, 0.15) is 12.8 Å². The largest absolute Gasteiger partial charge is 0.481 e. The lowest BCUT2D eigenvalue weighted by Gasteiger charge is -2.06. The Labute approximate surface area is 138 Å². The summed E-state index contributed by atoms with van der Waals surface area (Å²) < 4.78 is 0. The van der Waals surface area contributed by atoms with Crippen molar-refractivity contribution in [2.24, 2.45) is 0 Å². The van der Waals surface area contributed by atoms with Crippen molar-refractivity contribution in [3.63, 3.8) is 0 Å². The molecule has 2 N–H and O–H groups in total. The van der Waals surface area contributed by atoms with Gasteiger partial charge >= 0.3 is 5.97 Å². The van der Waals surface area contributed by atoms with E-state index < -0.39 is 5.97 Å². The summed E-state index contributed by atoms with van der Waals surface area (Å²) >= 11 is 0. The molecule has 0 atom stereocenters. The van der Waals surface area contributed by atoms with Crippen LogP contribution in [0.2, 0.25) is 0 Å². The van der Waals surface area contributed by atoms with Crippen LogP contribution in [0.5, 0.6) is 0 Å². The standard InChI is InChI=1S/C18H15N3O3/c22-17(9-10-18(23)24)20-13-7-5-12(6-8-13)16-11-19-14-3-1-2-4-15(14)21-16/h1-8,11H,9-10H2,(H,20,22)(H,23,24). The smallest absolute Gasteiger partial charge is 0.303 e. The minimum absolute atomic E-state index is 0.0484. The molecule has 2 aromatic carbocycles. The van der Waals surface area contributed by atoms with Gasteiger partial charge in [-0.2, -0.15) is 0 Å². The maximum Gasteiger partial charge on any atom is 0.303 e. The minimum atomic E-state index is -0.990. The highest BCUT2D eigenvalue weighted by Crippen LogP contribution is 2.21. The number of carboxylic acid groups (broad SMARTS) is 1. The summed E-state index contributed by atoms with van der Waals surface area (Å²) in [5.74, 6) is -1.31. The van der Waals surface area contributed by atoms with Crippen LogP contribution in [0, 0.1) is 0 Å².